The molecule has 1 aliphatic heterocycles. The zero-order chi connectivity index (χ0) is 30.1. The van der Waals surface area contributed by atoms with Crippen LogP contribution in [0.2, 0.25) is 0 Å². The van der Waals surface area contributed by atoms with E-state index in [1.54, 1.807) is 6.07 Å². The van der Waals surface area contributed by atoms with Crippen molar-refractivity contribution in [1.29, 1.82) is 0 Å². The van der Waals surface area contributed by atoms with E-state index in [0.29, 0.717) is 24.8 Å². The minimum absolute atomic E-state index is 0.132. The van der Waals surface area contributed by atoms with E-state index >= 15 is 0 Å². The largest absolute Gasteiger partial charge is 0.507 e. The number of non-ortho nitro benzene ring substituents is 1. The maximum Gasteiger partial charge on any atom is 0.271 e. The molecule has 0 saturated carbocycles. The number of phenolic OH excluding ortho intramolecular Hbond substituents is 1. The van der Waals surface area contributed by atoms with Crippen molar-refractivity contribution in [2.24, 2.45) is 17.8 Å². The normalized spacial score (nSPS) is 21.7. The van der Waals surface area contributed by atoms with E-state index in [-0.39, 0.29) is 23.5 Å². The Morgan fingerprint density at radius 1 is 1.10 bits per heavy atom. The zero-order valence-corrected chi connectivity index (χ0v) is 23.6. The summed E-state index contributed by atoms with van der Waals surface area (Å²) in [6, 6.07) is 16.5. The second-order valence-electron chi connectivity index (χ2n) is 11.1. The van der Waals surface area contributed by atoms with E-state index in [1.807, 2.05) is 50.3 Å². The van der Waals surface area contributed by atoms with Crippen LogP contribution < -0.4 is 4.90 Å². The highest BCUT2D eigenvalue weighted by Gasteiger charge is 2.55. The van der Waals surface area contributed by atoms with Crippen LogP contribution in [0.3, 0.4) is 0 Å². The Kier molecular flexibility index (Phi) is 8.24. The molecule has 4 atom stereocenters. The number of amides is 2. The maximum absolute atomic E-state index is 13.7. The number of fused-ring (bicyclic) bond motifs is 2. The van der Waals surface area contributed by atoms with Crippen LogP contribution in [0, 0.1) is 27.9 Å². The van der Waals surface area contributed by atoms with Gasteiger partial charge in [0.05, 0.1) is 35.2 Å². The van der Waals surface area contributed by atoms with Crippen molar-refractivity contribution in [2.75, 3.05) is 11.5 Å². The lowest BCUT2D eigenvalue weighted by Gasteiger charge is -2.36. The fourth-order valence-corrected chi connectivity index (χ4v) is 6.59. The molecular formula is C33H34N2O7. The number of aromatic hydroxyl groups is 1. The van der Waals surface area contributed by atoms with E-state index in [0.717, 1.165) is 32.4 Å². The Hall–Kier alpha value is -4.34. The third-order valence-electron chi connectivity index (χ3n) is 8.61. The van der Waals surface area contributed by atoms with Crippen molar-refractivity contribution in [2.45, 2.75) is 45.6 Å². The SMILES string of the molecule is CCC1=C([C@H](O)CC/C(C)=C/c2ccc(O)c3ccccc23)[C@H](CO)[C@@H]2C(=O)N(c3cccc([N+](=O)[O-])c3)C(=O)[C@@H]2C1. The number of anilines is 1. The topological polar surface area (TPSA) is 141 Å². The van der Waals surface area contributed by atoms with Crippen LogP contribution >= 0.6 is 0 Å². The lowest BCUT2D eigenvalue weighted by molar-refractivity contribution is -0.384. The van der Waals surface area contributed by atoms with Crippen molar-refractivity contribution in [3.05, 3.63) is 93.1 Å². The molecule has 3 aromatic rings. The number of nitro benzene ring substituents is 1. The number of aliphatic hydroxyl groups is 2. The molecule has 1 saturated heterocycles. The van der Waals surface area contributed by atoms with Gasteiger partial charge in [-0.2, -0.15) is 0 Å². The number of nitro groups is 1. The van der Waals surface area contributed by atoms with E-state index in [2.05, 4.69) is 0 Å². The van der Waals surface area contributed by atoms with Crippen molar-refractivity contribution in [3.63, 3.8) is 0 Å². The third-order valence-corrected chi connectivity index (χ3v) is 8.61. The van der Waals surface area contributed by atoms with Gasteiger partial charge in [-0.05, 0) is 61.3 Å². The predicted molar refractivity (Wildman–Crippen MR) is 160 cm³/mol. The fourth-order valence-electron chi connectivity index (χ4n) is 6.59. The predicted octanol–water partition coefficient (Wildman–Crippen LogP) is 5.52. The van der Waals surface area contributed by atoms with Gasteiger partial charge in [-0.1, -0.05) is 60.5 Å². The molecule has 3 aromatic carbocycles. The number of allylic oxidation sites excluding steroid dienone is 2. The smallest absolute Gasteiger partial charge is 0.271 e. The number of hydrogen-bond donors (Lipinski definition) is 3. The Labute approximate surface area is 243 Å². The molecule has 218 valence electrons. The molecule has 3 N–H and O–H groups in total. The van der Waals surface area contributed by atoms with E-state index in [4.69, 9.17) is 0 Å². The molecule has 2 aliphatic rings. The summed E-state index contributed by atoms with van der Waals surface area (Å²) < 4.78 is 0. The first-order chi connectivity index (χ1) is 20.2. The minimum Gasteiger partial charge on any atom is -0.507 e. The number of carbonyl (C=O) groups is 2. The third kappa shape index (κ3) is 5.21. The number of aliphatic hydroxyl groups excluding tert-OH is 2. The van der Waals surface area contributed by atoms with Crippen molar-refractivity contribution < 1.29 is 29.8 Å². The van der Waals surface area contributed by atoms with Gasteiger partial charge in [0.15, 0.2) is 0 Å². The fraction of sp³-hybridized carbons (Fsp3) is 0.333. The summed E-state index contributed by atoms with van der Waals surface area (Å²) in [4.78, 5) is 38.9. The second kappa shape index (κ2) is 11.9. The number of nitrogens with zero attached hydrogens (tertiary/aromatic N) is 2. The van der Waals surface area contributed by atoms with Crippen LogP contribution in [-0.4, -0.2) is 44.8 Å². The summed E-state index contributed by atoms with van der Waals surface area (Å²) in [5.41, 5.74) is 3.35. The Balaban J connectivity index is 1.38. The summed E-state index contributed by atoms with van der Waals surface area (Å²) in [5.74, 6) is -3.04. The molecule has 2 amide bonds. The lowest BCUT2D eigenvalue weighted by Crippen LogP contribution is -2.39. The van der Waals surface area contributed by atoms with E-state index < -0.39 is 47.2 Å². The number of imide groups is 1. The molecule has 1 heterocycles. The van der Waals surface area contributed by atoms with Crippen molar-refractivity contribution in [3.8, 4) is 5.75 Å². The average Bonchev–Trinajstić information content (AvgIpc) is 3.25. The highest BCUT2D eigenvalue weighted by atomic mass is 16.6. The van der Waals surface area contributed by atoms with Gasteiger partial charge in [0.1, 0.15) is 5.75 Å². The second-order valence-corrected chi connectivity index (χ2v) is 11.1. The van der Waals surface area contributed by atoms with Crippen LogP contribution in [0.4, 0.5) is 11.4 Å². The lowest BCUT2D eigenvalue weighted by atomic mass is 9.67. The standard InChI is InChI=1S/C33H34N2O7/c1-3-20-16-26-31(33(40)34(32(26)39)22-7-6-8-23(17-22)35(41)42)27(18-36)30(20)29(38)13-11-19(2)15-21-12-14-28(37)25-10-5-4-9-24(21)25/h4-10,12,14-15,17,26-27,29,31,36-38H,3,11,13,16,18H2,1-2H3/b19-15+/t26-,27+,29-,31-/m1/s1. The molecule has 5 rings (SSSR count). The highest BCUT2D eigenvalue weighted by molar-refractivity contribution is 6.22. The van der Waals surface area contributed by atoms with Crippen molar-refractivity contribution >= 4 is 40.0 Å². The number of hydrogen-bond acceptors (Lipinski definition) is 7. The van der Waals surface area contributed by atoms with Crippen LogP contribution in [0.25, 0.3) is 16.8 Å². The molecule has 0 aromatic heterocycles. The number of phenols is 1. The molecule has 0 unspecified atom stereocenters. The highest BCUT2D eigenvalue weighted by Crippen LogP contribution is 2.48. The van der Waals surface area contributed by atoms with Gasteiger partial charge in [-0.25, -0.2) is 4.90 Å². The zero-order valence-electron chi connectivity index (χ0n) is 23.6. The van der Waals surface area contributed by atoms with Gasteiger partial charge < -0.3 is 15.3 Å². The number of rotatable bonds is 9. The summed E-state index contributed by atoms with van der Waals surface area (Å²) >= 11 is 0. The number of carbonyl (C=O) groups excluding carboxylic acids is 2. The summed E-state index contributed by atoms with van der Waals surface area (Å²) in [7, 11) is 0. The van der Waals surface area contributed by atoms with E-state index in [1.165, 1.54) is 24.3 Å². The molecule has 0 spiro atoms. The molecule has 1 fully saturated rings. The van der Waals surface area contributed by atoms with Gasteiger partial charge >= 0.3 is 0 Å². The average molecular weight is 571 g/mol. The van der Waals surface area contributed by atoms with Crippen LogP contribution in [-0.2, 0) is 9.59 Å². The Morgan fingerprint density at radius 3 is 2.52 bits per heavy atom. The van der Waals surface area contributed by atoms with Gasteiger partial charge in [-0.3, -0.25) is 19.7 Å². The first kappa shape index (κ1) is 29.2. The maximum atomic E-state index is 13.7. The first-order valence-corrected chi connectivity index (χ1v) is 14.2. The monoisotopic (exact) mass is 570 g/mol. The molecule has 0 bridgehead atoms. The molecule has 1 aliphatic carbocycles. The number of benzene rings is 3. The molecule has 0 radical (unpaired) electrons. The Morgan fingerprint density at radius 2 is 1.83 bits per heavy atom. The van der Waals surface area contributed by atoms with Crippen LogP contribution in [0.1, 0.15) is 45.1 Å². The van der Waals surface area contributed by atoms with E-state index in [9.17, 15) is 35.0 Å². The van der Waals surface area contributed by atoms with Crippen LogP contribution in [0.15, 0.2) is 77.4 Å². The molecule has 9 nitrogen and oxygen atoms in total. The van der Waals surface area contributed by atoms with Crippen molar-refractivity contribution in [1.82, 2.24) is 0 Å². The molecule has 9 heteroatoms. The van der Waals surface area contributed by atoms with Gasteiger partial charge in [0.2, 0.25) is 11.8 Å². The van der Waals surface area contributed by atoms with Crippen LogP contribution in [0.5, 0.6) is 5.75 Å². The first-order valence-electron chi connectivity index (χ1n) is 14.2. The summed E-state index contributed by atoms with van der Waals surface area (Å²) in [6.45, 7) is 3.49. The van der Waals surface area contributed by atoms with Gasteiger partial charge in [0.25, 0.3) is 5.69 Å². The summed E-state index contributed by atoms with van der Waals surface area (Å²) in [5, 5.41) is 45.1. The van der Waals surface area contributed by atoms with Gasteiger partial charge in [-0.15, -0.1) is 0 Å². The molecule has 42 heavy (non-hydrogen) atoms. The summed E-state index contributed by atoms with van der Waals surface area (Å²) in [6.07, 6.45) is 2.86. The quantitative estimate of drug-likeness (QED) is 0.133. The molecular weight excluding hydrogens is 536 g/mol. The Bertz CT molecular complexity index is 1630. The minimum atomic E-state index is -0.923. The van der Waals surface area contributed by atoms with Gasteiger partial charge in [0, 0.05) is 23.4 Å².